The Hall–Kier alpha value is -1.43. The maximum absolute atomic E-state index is 4.71. The standard InChI is InChI=1S/C13H19N5S/c1-3-14-13-11(16-17-19-13)8-18-9(2)15-10-6-4-5-7-12(10)18/h14H,3-8H2,1-2H3. The topological polar surface area (TPSA) is 55.6 Å². The van der Waals surface area contributed by atoms with Crippen molar-refractivity contribution in [2.45, 2.75) is 46.1 Å². The van der Waals surface area contributed by atoms with E-state index in [1.165, 1.54) is 35.8 Å². The Morgan fingerprint density at radius 3 is 3.00 bits per heavy atom. The van der Waals surface area contributed by atoms with E-state index < -0.39 is 0 Å². The molecule has 3 rings (SSSR count). The summed E-state index contributed by atoms with van der Waals surface area (Å²) in [6.07, 6.45) is 4.81. The molecule has 0 radical (unpaired) electrons. The quantitative estimate of drug-likeness (QED) is 0.932. The van der Waals surface area contributed by atoms with E-state index in [1.54, 1.807) is 0 Å². The molecule has 6 heteroatoms. The van der Waals surface area contributed by atoms with E-state index in [9.17, 15) is 0 Å². The Morgan fingerprint density at radius 1 is 1.32 bits per heavy atom. The van der Waals surface area contributed by atoms with E-state index in [1.807, 2.05) is 0 Å². The number of imidazole rings is 1. The first-order chi connectivity index (χ1) is 9.29. The minimum absolute atomic E-state index is 0.785. The molecule has 0 unspecified atom stereocenters. The minimum Gasteiger partial charge on any atom is -0.374 e. The summed E-state index contributed by atoms with van der Waals surface area (Å²) < 4.78 is 6.37. The Labute approximate surface area is 117 Å². The summed E-state index contributed by atoms with van der Waals surface area (Å²) in [5.74, 6) is 1.10. The maximum Gasteiger partial charge on any atom is 0.135 e. The fourth-order valence-electron chi connectivity index (χ4n) is 2.70. The van der Waals surface area contributed by atoms with Crippen LogP contribution in [0.4, 0.5) is 5.00 Å². The first kappa shape index (κ1) is 12.6. The molecule has 2 aromatic heterocycles. The van der Waals surface area contributed by atoms with Crippen LogP contribution in [0.3, 0.4) is 0 Å². The molecule has 0 fully saturated rings. The minimum atomic E-state index is 0.785. The van der Waals surface area contributed by atoms with Crippen LogP contribution in [0.2, 0.25) is 0 Å². The SMILES string of the molecule is CCNc1snnc1Cn1c(C)nc2c1CCCC2. The summed E-state index contributed by atoms with van der Waals surface area (Å²) in [4.78, 5) is 4.71. The number of anilines is 1. The van der Waals surface area contributed by atoms with Gasteiger partial charge in [-0.2, -0.15) is 0 Å². The highest BCUT2D eigenvalue weighted by molar-refractivity contribution is 7.10. The van der Waals surface area contributed by atoms with Gasteiger partial charge in [0, 0.05) is 23.8 Å². The summed E-state index contributed by atoms with van der Waals surface area (Å²) in [6, 6.07) is 0. The molecule has 0 aliphatic heterocycles. The van der Waals surface area contributed by atoms with Crippen molar-refractivity contribution < 1.29 is 0 Å². The lowest BCUT2D eigenvalue weighted by Gasteiger charge is -2.14. The zero-order valence-electron chi connectivity index (χ0n) is 11.4. The molecule has 0 atom stereocenters. The third-order valence-corrected chi connectivity index (χ3v) is 4.35. The molecule has 0 aromatic carbocycles. The molecule has 0 amide bonds. The van der Waals surface area contributed by atoms with Crippen LogP contribution >= 0.6 is 11.5 Å². The fourth-order valence-corrected chi connectivity index (χ4v) is 3.34. The number of aryl methyl sites for hydroxylation is 2. The van der Waals surface area contributed by atoms with Gasteiger partial charge in [0.2, 0.25) is 0 Å². The van der Waals surface area contributed by atoms with Crippen LogP contribution in [0.25, 0.3) is 0 Å². The monoisotopic (exact) mass is 277 g/mol. The first-order valence-electron chi connectivity index (χ1n) is 6.89. The number of aromatic nitrogens is 4. The molecule has 1 aliphatic rings. The largest absolute Gasteiger partial charge is 0.374 e. The van der Waals surface area contributed by atoms with Crippen LogP contribution in [0.5, 0.6) is 0 Å². The van der Waals surface area contributed by atoms with Gasteiger partial charge in [-0.25, -0.2) is 4.98 Å². The molecule has 1 N–H and O–H groups in total. The lowest BCUT2D eigenvalue weighted by atomic mass is 10.0. The van der Waals surface area contributed by atoms with Crippen LogP contribution in [0.15, 0.2) is 0 Å². The van der Waals surface area contributed by atoms with Gasteiger partial charge in [-0.05, 0) is 39.5 Å². The van der Waals surface area contributed by atoms with Crippen molar-refractivity contribution in [3.05, 3.63) is 22.9 Å². The van der Waals surface area contributed by atoms with Crippen molar-refractivity contribution in [1.82, 2.24) is 19.1 Å². The third-order valence-electron chi connectivity index (χ3n) is 3.62. The predicted molar refractivity (Wildman–Crippen MR) is 76.8 cm³/mol. The number of nitrogens with zero attached hydrogens (tertiary/aromatic N) is 4. The Balaban J connectivity index is 1.90. The lowest BCUT2D eigenvalue weighted by molar-refractivity contribution is 0.620. The second-order valence-electron chi connectivity index (χ2n) is 4.92. The Kier molecular flexibility index (Phi) is 3.50. The Morgan fingerprint density at radius 2 is 2.16 bits per heavy atom. The van der Waals surface area contributed by atoms with Crippen LogP contribution in [0, 0.1) is 6.92 Å². The van der Waals surface area contributed by atoms with E-state index in [2.05, 4.69) is 33.3 Å². The van der Waals surface area contributed by atoms with E-state index in [0.717, 1.165) is 42.5 Å². The molecule has 0 bridgehead atoms. The Bertz CT molecular complexity index is 572. The molecule has 19 heavy (non-hydrogen) atoms. The summed E-state index contributed by atoms with van der Waals surface area (Å²) >= 11 is 1.43. The van der Waals surface area contributed by atoms with Gasteiger partial charge < -0.3 is 9.88 Å². The van der Waals surface area contributed by atoms with Crippen LogP contribution < -0.4 is 5.32 Å². The van der Waals surface area contributed by atoms with Gasteiger partial charge in [0.25, 0.3) is 0 Å². The van der Waals surface area contributed by atoms with Gasteiger partial charge in [-0.1, -0.05) is 4.49 Å². The third kappa shape index (κ3) is 2.36. The summed E-state index contributed by atoms with van der Waals surface area (Å²) in [5.41, 5.74) is 3.72. The van der Waals surface area contributed by atoms with Crippen molar-refractivity contribution in [2.75, 3.05) is 11.9 Å². The van der Waals surface area contributed by atoms with Crippen LogP contribution in [-0.4, -0.2) is 25.7 Å². The second kappa shape index (κ2) is 5.28. The van der Waals surface area contributed by atoms with E-state index in [-0.39, 0.29) is 0 Å². The van der Waals surface area contributed by atoms with Crippen molar-refractivity contribution in [1.29, 1.82) is 0 Å². The molecule has 5 nitrogen and oxygen atoms in total. The van der Waals surface area contributed by atoms with Crippen molar-refractivity contribution in [3.8, 4) is 0 Å². The number of rotatable bonds is 4. The van der Waals surface area contributed by atoms with Gasteiger partial charge in [0.1, 0.15) is 16.5 Å². The predicted octanol–water partition coefficient (Wildman–Crippen LogP) is 2.40. The fraction of sp³-hybridized carbons (Fsp3) is 0.615. The van der Waals surface area contributed by atoms with E-state index in [4.69, 9.17) is 4.98 Å². The molecule has 0 saturated heterocycles. The zero-order chi connectivity index (χ0) is 13.2. The average molecular weight is 277 g/mol. The first-order valence-corrected chi connectivity index (χ1v) is 7.67. The molecular formula is C13H19N5S. The lowest BCUT2D eigenvalue weighted by Crippen LogP contribution is -2.11. The van der Waals surface area contributed by atoms with Gasteiger partial charge >= 0.3 is 0 Å². The second-order valence-corrected chi connectivity index (χ2v) is 5.68. The van der Waals surface area contributed by atoms with Crippen LogP contribution in [0.1, 0.15) is 42.7 Å². The van der Waals surface area contributed by atoms with E-state index in [0.29, 0.717) is 0 Å². The molecule has 2 aromatic rings. The van der Waals surface area contributed by atoms with Crippen molar-refractivity contribution >= 4 is 16.5 Å². The molecule has 1 aliphatic carbocycles. The normalized spacial score (nSPS) is 14.4. The number of hydrogen-bond donors (Lipinski definition) is 1. The van der Waals surface area contributed by atoms with Gasteiger partial charge in [-0.3, -0.25) is 0 Å². The molecule has 0 spiro atoms. The summed E-state index contributed by atoms with van der Waals surface area (Å²) in [5, 5.41) is 8.67. The summed E-state index contributed by atoms with van der Waals surface area (Å²) in [7, 11) is 0. The van der Waals surface area contributed by atoms with E-state index >= 15 is 0 Å². The summed E-state index contributed by atoms with van der Waals surface area (Å²) in [6.45, 7) is 5.86. The number of fused-ring (bicyclic) bond motifs is 1. The molecule has 0 saturated carbocycles. The highest BCUT2D eigenvalue weighted by Gasteiger charge is 2.19. The number of nitrogens with one attached hydrogen (secondary N) is 1. The molecule has 102 valence electrons. The van der Waals surface area contributed by atoms with Crippen LogP contribution in [-0.2, 0) is 19.4 Å². The zero-order valence-corrected chi connectivity index (χ0v) is 12.3. The highest BCUT2D eigenvalue weighted by atomic mass is 32.1. The number of hydrogen-bond acceptors (Lipinski definition) is 5. The van der Waals surface area contributed by atoms with Gasteiger partial charge in [-0.15, -0.1) is 5.10 Å². The molecule has 2 heterocycles. The van der Waals surface area contributed by atoms with Crippen molar-refractivity contribution in [3.63, 3.8) is 0 Å². The highest BCUT2D eigenvalue weighted by Crippen LogP contribution is 2.25. The smallest absolute Gasteiger partial charge is 0.135 e. The van der Waals surface area contributed by atoms with Gasteiger partial charge in [0.05, 0.1) is 12.2 Å². The van der Waals surface area contributed by atoms with Gasteiger partial charge in [0.15, 0.2) is 0 Å². The van der Waals surface area contributed by atoms with Crippen molar-refractivity contribution in [2.24, 2.45) is 0 Å². The maximum atomic E-state index is 4.71. The molecular weight excluding hydrogens is 258 g/mol. The average Bonchev–Trinajstić information content (AvgIpc) is 2.97.